The Kier molecular flexibility index (Phi) is 5.93. The van der Waals surface area contributed by atoms with Gasteiger partial charge < -0.3 is 20.1 Å². The lowest BCUT2D eigenvalue weighted by molar-refractivity contribution is -0.139. The fourth-order valence-electron chi connectivity index (χ4n) is 3.15. The minimum Gasteiger partial charge on any atom is -0.482 e. The highest BCUT2D eigenvalue weighted by Crippen LogP contribution is 2.25. The average molecular weight is 382 g/mol. The number of hydrogen-bond donors (Lipinski definition) is 2. The van der Waals surface area contributed by atoms with E-state index >= 15 is 0 Å². The molecule has 0 radical (unpaired) electrons. The molecule has 1 heterocycles. The zero-order chi connectivity index (χ0) is 20.1. The molecule has 28 heavy (non-hydrogen) atoms. The van der Waals surface area contributed by atoms with Crippen molar-refractivity contribution in [2.45, 2.75) is 19.9 Å². The van der Waals surface area contributed by atoms with Crippen LogP contribution in [-0.2, 0) is 20.9 Å². The van der Waals surface area contributed by atoms with Crippen molar-refractivity contribution < 1.29 is 24.2 Å². The number of benzene rings is 2. The number of nitrogens with zero attached hydrogens (tertiary/aromatic N) is 1. The largest absolute Gasteiger partial charge is 0.482 e. The van der Waals surface area contributed by atoms with Gasteiger partial charge in [0.25, 0.3) is 0 Å². The average Bonchev–Trinajstić information content (AvgIpc) is 3.03. The summed E-state index contributed by atoms with van der Waals surface area (Å²) in [4.78, 5) is 37.2. The topological polar surface area (TPSA) is 95.9 Å². The van der Waals surface area contributed by atoms with Gasteiger partial charge in [-0.1, -0.05) is 30.3 Å². The summed E-state index contributed by atoms with van der Waals surface area (Å²) in [5.41, 5.74) is 2.40. The lowest BCUT2D eigenvalue weighted by Crippen LogP contribution is -2.28. The van der Waals surface area contributed by atoms with Gasteiger partial charge in [0, 0.05) is 25.2 Å². The number of hydrogen-bond acceptors (Lipinski definition) is 4. The molecular weight excluding hydrogens is 360 g/mol. The lowest BCUT2D eigenvalue weighted by atomic mass is 10.1. The molecule has 1 fully saturated rings. The summed E-state index contributed by atoms with van der Waals surface area (Å²) < 4.78 is 5.13. The Labute approximate surface area is 162 Å². The zero-order valence-electron chi connectivity index (χ0n) is 15.6. The fourth-order valence-corrected chi connectivity index (χ4v) is 3.15. The molecule has 1 aliphatic heterocycles. The van der Waals surface area contributed by atoms with Crippen molar-refractivity contribution >= 4 is 23.5 Å². The SMILES string of the molecule is Cc1cc(OCC(=O)O)ccc1NC(=O)C1CC(=O)N(Cc2ccccc2)C1. The summed E-state index contributed by atoms with van der Waals surface area (Å²) in [5, 5.41) is 11.5. The molecule has 2 aromatic rings. The van der Waals surface area contributed by atoms with Gasteiger partial charge in [0.05, 0.1) is 5.92 Å². The molecule has 0 aliphatic carbocycles. The second-order valence-electron chi connectivity index (χ2n) is 6.81. The molecule has 0 bridgehead atoms. The number of anilines is 1. The van der Waals surface area contributed by atoms with Crippen LogP contribution >= 0.6 is 0 Å². The molecule has 1 unspecified atom stereocenters. The number of carbonyl (C=O) groups is 3. The van der Waals surface area contributed by atoms with Gasteiger partial charge in [0.1, 0.15) is 5.75 Å². The minimum atomic E-state index is -1.05. The molecular formula is C21H22N2O5. The third kappa shape index (κ3) is 4.88. The molecule has 7 nitrogen and oxygen atoms in total. The first kappa shape index (κ1) is 19.4. The monoisotopic (exact) mass is 382 g/mol. The Morgan fingerprint density at radius 1 is 1.21 bits per heavy atom. The summed E-state index contributed by atoms with van der Waals surface area (Å²) in [6.45, 7) is 2.26. The van der Waals surface area contributed by atoms with Gasteiger partial charge >= 0.3 is 5.97 Å². The van der Waals surface area contributed by atoms with E-state index < -0.39 is 18.5 Å². The summed E-state index contributed by atoms with van der Waals surface area (Å²) >= 11 is 0. The molecule has 1 aliphatic rings. The Hall–Kier alpha value is -3.35. The highest BCUT2D eigenvalue weighted by Gasteiger charge is 2.34. The zero-order valence-corrected chi connectivity index (χ0v) is 15.6. The van der Waals surface area contributed by atoms with Crippen molar-refractivity contribution in [1.82, 2.24) is 4.90 Å². The molecule has 1 saturated heterocycles. The number of likely N-dealkylation sites (tertiary alicyclic amines) is 1. The van der Waals surface area contributed by atoms with Crippen LogP contribution in [0.5, 0.6) is 5.75 Å². The lowest BCUT2D eigenvalue weighted by Gasteiger charge is -2.17. The fraction of sp³-hybridized carbons (Fsp3) is 0.286. The second-order valence-corrected chi connectivity index (χ2v) is 6.81. The van der Waals surface area contributed by atoms with Gasteiger partial charge in [-0.3, -0.25) is 9.59 Å². The Balaban J connectivity index is 1.59. The number of aliphatic carboxylic acids is 1. The van der Waals surface area contributed by atoms with E-state index in [-0.39, 0.29) is 18.2 Å². The van der Waals surface area contributed by atoms with Gasteiger partial charge in [-0.25, -0.2) is 4.79 Å². The number of aryl methyl sites for hydroxylation is 1. The predicted molar refractivity (Wildman–Crippen MR) is 103 cm³/mol. The molecule has 0 spiro atoms. The summed E-state index contributed by atoms with van der Waals surface area (Å²) in [7, 11) is 0. The van der Waals surface area contributed by atoms with Crippen LogP contribution in [0.4, 0.5) is 5.69 Å². The van der Waals surface area contributed by atoms with Crippen molar-refractivity contribution in [3.8, 4) is 5.75 Å². The molecule has 0 saturated carbocycles. The molecule has 1 atom stereocenters. The van der Waals surface area contributed by atoms with Crippen LogP contribution in [0.3, 0.4) is 0 Å². The third-order valence-electron chi connectivity index (χ3n) is 4.62. The number of nitrogens with one attached hydrogen (secondary N) is 1. The molecule has 3 rings (SSSR count). The maximum absolute atomic E-state index is 12.6. The number of carbonyl (C=O) groups excluding carboxylic acids is 2. The van der Waals surface area contributed by atoms with Crippen LogP contribution in [-0.4, -0.2) is 40.9 Å². The Morgan fingerprint density at radius 2 is 1.96 bits per heavy atom. The van der Waals surface area contributed by atoms with E-state index in [0.29, 0.717) is 24.5 Å². The first-order valence-electron chi connectivity index (χ1n) is 9.00. The predicted octanol–water partition coefficient (Wildman–Crippen LogP) is 2.45. The van der Waals surface area contributed by atoms with E-state index in [1.165, 1.54) is 0 Å². The first-order valence-corrected chi connectivity index (χ1v) is 9.00. The van der Waals surface area contributed by atoms with Crippen LogP contribution in [0.2, 0.25) is 0 Å². The van der Waals surface area contributed by atoms with E-state index in [2.05, 4.69) is 5.32 Å². The standard InChI is InChI=1S/C21H22N2O5/c1-14-9-17(28-13-20(25)26)7-8-18(14)22-21(27)16-10-19(24)23(12-16)11-15-5-3-2-4-6-15/h2-9,16H,10-13H2,1H3,(H,22,27)(H,25,26). The van der Waals surface area contributed by atoms with Crippen LogP contribution in [0.25, 0.3) is 0 Å². The number of carboxylic acids is 1. The van der Waals surface area contributed by atoms with E-state index in [1.807, 2.05) is 30.3 Å². The van der Waals surface area contributed by atoms with Crippen molar-refractivity contribution in [2.75, 3.05) is 18.5 Å². The van der Waals surface area contributed by atoms with Gasteiger partial charge in [0.2, 0.25) is 11.8 Å². The second kappa shape index (κ2) is 8.56. The van der Waals surface area contributed by atoms with E-state index in [9.17, 15) is 14.4 Å². The molecule has 0 aromatic heterocycles. The van der Waals surface area contributed by atoms with E-state index in [0.717, 1.165) is 11.1 Å². The first-order chi connectivity index (χ1) is 13.4. The highest BCUT2D eigenvalue weighted by molar-refractivity contribution is 5.97. The summed E-state index contributed by atoms with van der Waals surface area (Å²) in [5.74, 6) is -1.27. The minimum absolute atomic E-state index is 0.0295. The van der Waals surface area contributed by atoms with Crippen molar-refractivity contribution in [3.63, 3.8) is 0 Å². The maximum Gasteiger partial charge on any atom is 0.341 e. The van der Waals surface area contributed by atoms with Crippen LogP contribution < -0.4 is 10.1 Å². The molecule has 2 aromatic carbocycles. The van der Waals surface area contributed by atoms with Gasteiger partial charge in [-0.05, 0) is 36.2 Å². The maximum atomic E-state index is 12.6. The van der Waals surface area contributed by atoms with Crippen LogP contribution in [0, 0.1) is 12.8 Å². The molecule has 2 amide bonds. The highest BCUT2D eigenvalue weighted by atomic mass is 16.5. The Bertz CT molecular complexity index is 882. The van der Waals surface area contributed by atoms with Gasteiger partial charge in [0.15, 0.2) is 6.61 Å². The van der Waals surface area contributed by atoms with Crippen LogP contribution in [0.1, 0.15) is 17.5 Å². The molecule has 146 valence electrons. The van der Waals surface area contributed by atoms with Crippen molar-refractivity contribution in [1.29, 1.82) is 0 Å². The number of ether oxygens (including phenoxy) is 1. The Morgan fingerprint density at radius 3 is 2.64 bits per heavy atom. The number of rotatable bonds is 7. The van der Waals surface area contributed by atoms with E-state index in [4.69, 9.17) is 9.84 Å². The summed E-state index contributed by atoms with van der Waals surface area (Å²) in [6.07, 6.45) is 0.192. The van der Waals surface area contributed by atoms with Crippen LogP contribution in [0.15, 0.2) is 48.5 Å². The van der Waals surface area contributed by atoms with E-state index in [1.54, 1.807) is 30.0 Å². The number of carboxylic acid groups (broad SMARTS) is 1. The normalized spacial score (nSPS) is 16.1. The molecule has 2 N–H and O–H groups in total. The quantitative estimate of drug-likeness (QED) is 0.767. The number of amides is 2. The van der Waals surface area contributed by atoms with Gasteiger partial charge in [-0.15, -0.1) is 0 Å². The van der Waals surface area contributed by atoms with Crippen molar-refractivity contribution in [3.05, 3.63) is 59.7 Å². The van der Waals surface area contributed by atoms with Crippen molar-refractivity contribution in [2.24, 2.45) is 5.92 Å². The smallest absolute Gasteiger partial charge is 0.341 e. The molecule has 7 heteroatoms. The van der Waals surface area contributed by atoms with Gasteiger partial charge in [-0.2, -0.15) is 0 Å². The third-order valence-corrected chi connectivity index (χ3v) is 4.62. The summed E-state index contributed by atoms with van der Waals surface area (Å²) in [6, 6.07) is 14.6.